The molecule has 2 aromatic rings. The first-order valence-electron chi connectivity index (χ1n) is 5.04. The van der Waals surface area contributed by atoms with Gasteiger partial charge >= 0.3 is 0 Å². The summed E-state index contributed by atoms with van der Waals surface area (Å²) in [4.78, 5) is 4.59. The van der Waals surface area contributed by atoms with Gasteiger partial charge in [0.05, 0.1) is 5.69 Å². The Morgan fingerprint density at radius 1 is 1.33 bits per heavy atom. The lowest BCUT2D eigenvalue weighted by Gasteiger charge is -2.08. The quantitative estimate of drug-likeness (QED) is 0.620. The van der Waals surface area contributed by atoms with Gasteiger partial charge in [-0.25, -0.2) is 4.98 Å². The van der Waals surface area contributed by atoms with Gasteiger partial charge < -0.3 is 11.1 Å². The molecule has 1 aromatic carbocycles. The van der Waals surface area contributed by atoms with Crippen LogP contribution in [0.1, 0.15) is 5.56 Å². The third kappa shape index (κ3) is 3.30. The van der Waals surface area contributed by atoms with Crippen LogP contribution in [0.2, 0.25) is 5.02 Å². The maximum absolute atomic E-state index is 5.90. The number of halogens is 2. The van der Waals surface area contributed by atoms with Crippen LogP contribution in [-0.4, -0.2) is 9.97 Å². The van der Waals surface area contributed by atoms with Gasteiger partial charge in [-0.05, 0) is 52.9 Å². The first-order valence-corrected chi connectivity index (χ1v) is 6.90. The van der Waals surface area contributed by atoms with Gasteiger partial charge in [-0.3, -0.25) is 0 Å². The molecule has 0 aliphatic carbocycles. The smallest absolute Gasteiger partial charge is 0.130 e. The summed E-state index contributed by atoms with van der Waals surface area (Å²) >= 11 is 13.0. The van der Waals surface area contributed by atoms with E-state index in [0.717, 1.165) is 20.6 Å². The third-order valence-electron chi connectivity index (χ3n) is 2.24. The molecular weight excluding hydrogens is 381 g/mol. The molecule has 1 aromatic heterocycles. The van der Waals surface area contributed by atoms with E-state index < -0.39 is 0 Å². The number of rotatable bonds is 3. The molecule has 0 bridgehead atoms. The highest BCUT2D eigenvalue weighted by Gasteiger charge is 2.03. The molecule has 2 rings (SSSR count). The summed E-state index contributed by atoms with van der Waals surface area (Å²) in [6.45, 7) is 0. The highest BCUT2D eigenvalue weighted by atomic mass is 127. The highest BCUT2D eigenvalue weighted by molar-refractivity contribution is 14.1. The molecule has 3 N–H and O–H groups in total. The number of nitrogens with zero attached hydrogens (tertiary/aromatic N) is 1. The van der Waals surface area contributed by atoms with Gasteiger partial charge in [0.15, 0.2) is 0 Å². The molecule has 18 heavy (non-hydrogen) atoms. The lowest BCUT2D eigenvalue weighted by Crippen LogP contribution is -2.09. The van der Waals surface area contributed by atoms with Crippen LogP contribution in [0.25, 0.3) is 0 Å². The number of hydrogen-bond donors (Lipinski definition) is 2. The Balaban J connectivity index is 2.21. The number of nitrogens with one attached hydrogen (secondary N) is 1. The first-order chi connectivity index (χ1) is 8.56. The minimum atomic E-state index is 0.343. The standard InChI is InChI=1S/C12H9ClIN3S/c13-8-2-3-10(9(14)5-8)17-11-4-1-7(6-16-11)12(15)18/h1-6H,(H2,15,18)(H,16,17). The lowest BCUT2D eigenvalue weighted by atomic mass is 10.3. The van der Waals surface area contributed by atoms with Crippen molar-refractivity contribution in [3.63, 3.8) is 0 Å². The SMILES string of the molecule is NC(=S)c1ccc(Nc2ccc(Cl)cc2I)nc1. The molecule has 0 saturated heterocycles. The van der Waals surface area contributed by atoms with E-state index in [0.29, 0.717) is 10.0 Å². The molecular formula is C12H9ClIN3S. The first kappa shape index (κ1) is 13.5. The zero-order valence-electron chi connectivity index (χ0n) is 9.15. The van der Waals surface area contributed by atoms with Crippen LogP contribution >= 0.6 is 46.4 Å². The van der Waals surface area contributed by atoms with E-state index in [1.54, 1.807) is 6.20 Å². The average molecular weight is 390 g/mol. The van der Waals surface area contributed by atoms with Crippen molar-refractivity contribution in [2.75, 3.05) is 5.32 Å². The van der Waals surface area contributed by atoms with Crippen LogP contribution in [0.4, 0.5) is 11.5 Å². The second-order valence-corrected chi connectivity index (χ2v) is 5.58. The maximum Gasteiger partial charge on any atom is 0.130 e. The van der Waals surface area contributed by atoms with Crippen molar-refractivity contribution in [2.24, 2.45) is 5.73 Å². The normalized spacial score (nSPS) is 10.1. The lowest BCUT2D eigenvalue weighted by molar-refractivity contribution is 1.29. The summed E-state index contributed by atoms with van der Waals surface area (Å²) < 4.78 is 1.03. The van der Waals surface area contributed by atoms with E-state index in [2.05, 4.69) is 32.9 Å². The van der Waals surface area contributed by atoms with Crippen LogP contribution in [-0.2, 0) is 0 Å². The van der Waals surface area contributed by atoms with Gasteiger partial charge in [0.25, 0.3) is 0 Å². The highest BCUT2D eigenvalue weighted by Crippen LogP contribution is 2.24. The zero-order chi connectivity index (χ0) is 13.1. The van der Waals surface area contributed by atoms with Crippen LogP contribution < -0.4 is 11.1 Å². The molecule has 0 radical (unpaired) electrons. The minimum Gasteiger partial charge on any atom is -0.389 e. The topological polar surface area (TPSA) is 50.9 Å². The maximum atomic E-state index is 5.90. The van der Waals surface area contributed by atoms with Crippen molar-refractivity contribution >= 4 is 62.9 Å². The van der Waals surface area contributed by atoms with Crippen molar-refractivity contribution < 1.29 is 0 Å². The molecule has 0 aliphatic rings. The van der Waals surface area contributed by atoms with Crippen LogP contribution in [0.3, 0.4) is 0 Å². The van der Waals surface area contributed by atoms with Crippen molar-refractivity contribution in [3.8, 4) is 0 Å². The van der Waals surface area contributed by atoms with Gasteiger partial charge in [-0.15, -0.1) is 0 Å². The van der Waals surface area contributed by atoms with Gasteiger partial charge in [0.2, 0.25) is 0 Å². The second kappa shape index (κ2) is 5.81. The van der Waals surface area contributed by atoms with Crippen LogP contribution in [0.15, 0.2) is 36.5 Å². The summed E-state index contributed by atoms with van der Waals surface area (Å²) in [5.41, 5.74) is 7.22. The van der Waals surface area contributed by atoms with Crippen LogP contribution in [0.5, 0.6) is 0 Å². The zero-order valence-corrected chi connectivity index (χ0v) is 12.9. The van der Waals surface area contributed by atoms with E-state index in [9.17, 15) is 0 Å². The van der Waals surface area contributed by atoms with E-state index in [-0.39, 0.29) is 0 Å². The van der Waals surface area contributed by atoms with Gasteiger partial charge in [-0.1, -0.05) is 23.8 Å². The number of benzene rings is 1. The van der Waals surface area contributed by atoms with Gasteiger partial charge in [0.1, 0.15) is 10.8 Å². The molecule has 3 nitrogen and oxygen atoms in total. The molecule has 92 valence electrons. The van der Waals surface area contributed by atoms with E-state index in [1.807, 2.05) is 30.3 Å². The van der Waals surface area contributed by atoms with Crippen molar-refractivity contribution in [3.05, 3.63) is 50.7 Å². The number of pyridine rings is 1. The molecule has 0 saturated carbocycles. The Morgan fingerprint density at radius 3 is 2.67 bits per heavy atom. The Hall–Kier alpha value is -0.920. The molecule has 0 aliphatic heterocycles. The van der Waals surface area contributed by atoms with Gasteiger partial charge in [-0.2, -0.15) is 0 Å². The predicted octanol–water partition coefficient (Wildman–Crippen LogP) is 3.72. The van der Waals surface area contributed by atoms with Gasteiger partial charge in [0, 0.05) is 20.4 Å². The minimum absolute atomic E-state index is 0.343. The Kier molecular flexibility index (Phi) is 4.36. The summed E-state index contributed by atoms with van der Waals surface area (Å²) in [6.07, 6.45) is 1.65. The predicted molar refractivity (Wildman–Crippen MR) is 87.6 cm³/mol. The average Bonchev–Trinajstić information content (AvgIpc) is 2.33. The summed E-state index contributed by atoms with van der Waals surface area (Å²) in [7, 11) is 0. The van der Waals surface area contributed by atoms with E-state index in [1.165, 1.54) is 0 Å². The Bertz CT molecular complexity index is 586. The number of hydrogen-bond acceptors (Lipinski definition) is 3. The fourth-order valence-electron chi connectivity index (χ4n) is 1.34. The number of aromatic nitrogens is 1. The second-order valence-electron chi connectivity index (χ2n) is 3.55. The molecule has 1 heterocycles. The fraction of sp³-hybridized carbons (Fsp3) is 0. The molecule has 0 unspecified atom stereocenters. The largest absolute Gasteiger partial charge is 0.389 e. The summed E-state index contributed by atoms with van der Waals surface area (Å²) in [5.74, 6) is 0.732. The number of thiocarbonyl (C=S) groups is 1. The Morgan fingerprint density at radius 2 is 2.11 bits per heavy atom. The molecule has 0 fully saturated rings. The monoisotopic (exact) mass is 389 g/mol. The molecule has 0 amide bonds. The fourth-order valence-corrected chi connectivity index (χ4v) is 2.47. The molecule has 0 spiro atoms. The third-order valence-corrected chi connectivity index (χ3v) is 3.61. The van der Waals surface area contributed by atoms with Crippen molar-refractivity contribution in [1.29, 1.82) is 0 Å². The Labute approximate surface area is 129 Å². The molecule has 0 atom stereocenters. The molecule has 6 heteroatoms. The van der Waals surface area contributed by atoms with Crippen LogP contribution in [0, 0.1) is 3.57 Å². The van der Waals surface area contributed by atoms with Crippen molar-refractivity contribution in [1.82, 2.24) is 4.98 Å². The van der Waals surface area contributed by atoms with E-state index in [4.69, 9.17) is 29.6 Å². The number of anilines is 2. The number of nitrogens with two attached hydrogens (primary N) is 1. The summed E-state index contributed by atoms with van der Waals surface area (Å²) in [5, 5.41) is 3.91. The van der Waals surface area contributed by atoms with Crippen molar-refractivity contribution in [2.45, 2.75) is 0 Å². The van der Waals surface area contributed by atoms with E-state index >= 15 is 0 Å². The summed E-state index contributed by atoms with van der Waals surface area (Å²) in [6, 6.07) is 9.29.